The number of oxime groups is 1. The van der Waals surface area contributed by atoms with Gasteiger partial charge in [-0.3, -0.25) is 9.48 Å². The van der Waals surface area contributed by atoms with Gasteiger partial charge < -0.3 is 21.0 Å². The summed E-state index contributed by atoms with van der Waals surface area (Å²) in [6.45, 7) is -0.0475. The number of nitrogens with two attached hydrogens (primary N) is 1. The Hall–Kier alpha value is -3.03. The first-order valence-corrected chi connectivity index (χ1v) is 6.09. The summed E-state index contributed by atoms with van der Waals surface area (Å²) < 4.78 is 6.85. The molecule has 1 aromatic carbocycles. The predicted octanol–water partition coefficient (Wildman–Crippen LogP) is 0.798. The molecular weight excluding hydrogens is 274 g/mol. The van der Waals surface area contributed by atoms with Gasteiger partial charge in [0.1, 0.15) is 12.4 Å². The van der Waals surface area contributed by atoms with Crippen molar-refractivity contribution in [1.29, 1.82) is 0 Å². The number of hydrogen-bond donors (Lipinski definition) is 3. The third-order valence-corrected chi connectivity index (χ3v) is 2.55. The van der Waals surface area contributed by atoms with Crippen molar-refractivity contribution in [2.75, 3.05) is 11.9 Å². The average Bonchev–Trinajstić information content (AvgIpc) is 2.92. The molecule has 1 heterocycles. The molecule has 0 saturated heterocycles. The maximum atomic E-state index is 12.0. The lowest BCUT2D eigenvalue weighted by molar-refractivity contribution is 0.102. The number of rotatable bonds is 5. The van der Waals surface area contributed by atoms with E-state index < -0.39 is 0 Å². The summed E-state index contributed by atoms with van der Waals surface area (Å²) in [7, 11) is 1.73. The van der Waals surface area contributed by atoms with Gasteiger partial charge in [-0.15, -0.1) is 0 Å². The predicted molar refractivity (Wildman–Crippen MR) is 76.5 cm³/mol. The fourth-order valence-corrected chi connectivity index (χ4v) is 1.58. The second-order valence-corrected chi connectivity index (χ2v) is 4.24. The molecule has 1 amide bonds. The topological polar surface area (TPSA) is 115 Å². The van der Waals surface area contributed by atoms with Crippen LogP contribution in [0.4, 0.5) is 5.69 Å². The van der Waals surface area contributed by atoms with Gasteiger partial charge >= 0.3 is 0 Å². The molecule has 110 valence electrons. The number of benzene rings is 1. The molecule has 8 nitrogen and oxygen atoms in total. The number of nitrogens with zero attached hydrogens (tertiary/aromatic N) is 3. The van der Waals surface area contributed by atoms with Crippen LogP contribution in [0.25, 0.3) is 0 Å². The Bertz CT molecular complexity index is 665. The molecule has 0 aliphatic rings. The Labute approximate surface area is 120 Å². The van der Waals surface area contributed by atoms with Gasteiger partial charge in [0.15, 0.2) is 11.5 Å². The minimum atomic E-state index is -0.316. The zero-order chi connectivity index (χ0) is 15.2. The number of amidine groups is 1. The van der Waals surface area contributed by atoms with E-state index in [0.29, 0.717) is 17.1 Å². The summed E-state index contributed by atoms with van der Waals surface area (Å²) in [4.78, 5) is 12.0. The molecule has 0 spiro atoms. The standard InChI is InChI=1S/C13H15N5O3/c1-18-6-5-11(16-18)13(19)15-9-3-2-4-10(7-9)21-8-12(14)17-20/h2-7,20H,8H2,1H3,(H2,14,17)(H,15,19). The number of ether oxygens (including phenoxy) is 1. The fourth-order valence-electron chi connectivity index (χ4n) is 1.58. The average molecular weight is 289 g/mol. The maximum Gasteiger partial charge on any atom is 0.276 e. The summed E-state index contributed by atoms with van der Waals surface area (Å²) in [5, 5.41) is 18.0. The number of hydrogen-bond acceptors (Lipinski definition) is 5. The molecule has 8 heteroatoms. The lowest BCUT2D eigenvalue weighted by atomic mass is 10.3. The lowest BCUT2D eigenvalue weighted by Crippen LogP contribution is -2.20. The van der Waals surface area contributed by atoms with Crippen LogP contribution in [0.5, 0.6) is 5.75 Å². The van der Waals surface area contributed by atoms with Gasteiger partial charge in [0.2, 0.25) is 0 Å². The molecule has 0 saturated carbocycles. The van der Waals surface area contributed by atoms with Crippen LogP contribution < -0.4 is 15.8 Å². The van der Waals surface area contributed by atoms with E-state index in [2.05, 4.69) is 15.6 Å². The highest BCUT2D eigenvalue weighted by Gasteiger charge is 2.09. The van der Waals surface area contributed by atoms with Crippen LogP contribution >= 0.6 is 0 Å². The second kappa shape index (κ2) is 6.42. The van der Waals surface area contributed by atoms with Crippen LogP contribution in [0.1, 0.15) is 10.5 Å². The van der Waals surface area contributed by atoms with Crippen LogP contribution in [0.2, 0.25) is 0 Å². The van der Waals surface area contributed by atoms with Gasteiger partial charge in [0.05, 0.1) is 0 Å². The number of anilines is 1. The molecule has 1 aromatic heterocycles. The van der Waals surface area contributed by atoms with Crippen LogP contribution in [0.15, 0.2) is 41.7 Å². The minimum absolute atomic E-state index is 0.0436. The van der Waals surface area contributed by atoms with E-state index in [1.165, 1.54) is 0 Å². The maximum absolute atomic E-state index is 12.0. The van der Waals surface area contributed by atoms with E-state index in [4.69, 9.17) is 15.7 Å². The van der Waals surface area contributed by atoms with Crippen LogP contribution in [-0.4, -0.2) is 33.3 Å². The van der Waals surface area contributed by atoms with E-state index in [1.54, 1.807) is 48.3 Å². The number of nitrogens with one attached hydrogen (secondary N) is 1. The molecule has 0 aliphatic carbocycles. The molecule has 2 aromatic rings. The zero-order valence-electron chi connectivity index (χ0n) is 11.4. The van der Waals surface area contributed by atoms with Gasteiger partial charge in [-0.25, -0.2) is 0 Å². The van der Waals surface area contributed by atoms with Crippen molar-refractivity contribution in [2.24, 2.45) is 17.9 Å². The zero-order valence-corrected chi connectivity index (χ0v) is 11.4. The Morgan fingerprint density at radius 3 is 3.00 bits per heavy atom. The van der Waals surface area contributed by atoms with Crippen molar-refractivity contribution in [3.63, 3.8) is 0 Å². The molecular formula is C13H15N5O3. The van der Waals surface area contributed by atoms with Crippen molar-refractivity contribution in [3.05, 3.63) is 42.2 Å². The normalized spacial score (nSPS) is 11.2. The molecule has 0 atom stereocenters. The van der Waals surface area contributed by atoms with Crippen molar-refractivity contribution in [1.82, 2.24) is 9.78 Å². The molecule has 0 aliphatic heterocycles. The molecule has 21 heavy (non-hydrogen) atoms. The molecule has 0 unspecified atom stereocenters. The van der Waals surface area contributed by atoms with Gasteiger partial charge in [-0.2, -0.15) is 5.10 Å². The van der Waals surface area contributed by atoms with Gasteiger partial charge in [0.25, 0.3) is 5.91 Å². The largest absolute Gasteiger partial charge is 0.485 e. The van der Waals surface area contributed by atoms with Crippen molar-refractivity contribution < 1.29 is 14.7 Å². The first-order valence-electron chi connectivity index (χ1n) is 6.09. The van der Waals surface area contributed by atoms with E-state index in [1.807, 2.05) is 0 Å². The quantitative estimate of drug-likeness (QED) is 0.326. The molecule has 0 radical (unpaired) electrons. The second-order valence-electron chi connectivity index (χ2n) is 4.24. The number of carbonyl (C=O) groups is 1. The van der Waals surface area contributed by atoms with Crippen molar-refractivity contribution >= 4 is 17.4 Å². The summed E-state index contributed by atoms with van der Waals surface area (Å²) >= 11 is 0. The summed E-state index contributed by atoms with van der Waals surface area (Å²) in [6, 6.07) is 8.38. The molecule has 0 bridgehead atoms. The first kappa shape index (κ1) is 14.4. The van der Waals surface area contributed by atoms with Crippen LogP contribution in [-0.2, 0) is 7.05 Å². The Balaban J connectivity index is 2.02. The van der Waals surface area contributed by atoms with Crippen molar-refractivity contribution in [3.8, 4) is 5.75 Å². The van der Waals surface area contributed by atoms with Crippen molar-refractivity contribution in [2.45, 2.75) is 0 Å². The summed E-state index contributed by atoms with van der Waals surface area (Å²) in [6.07, 6.45) is 1.69. The first-order chi connectivity index (χ1) is 10.1. The van der Waals surface area contributed by atoms with E-state index in [-0.39, 0.29) is 18.3 Å². The van der Waals surface area contributed by atoms with Gasteiger partial charge in [-0.1, -0.05) is 11.2 Å². The number of carbonyl (C=O) groups excluding carboxylic acids is 1. The fraction of sp³-hybridized carbons (Fsp3) is 0.154. The lowest BCUT2D eigenvalue weighted by Gasteiger charge is -2.08. The summed E-state index contributed by atoms with van der Waals surface area (Å²) in [5.41, 5.74) is 6.19. The highest BCUT2D eigenvalue weighted by Crippen LogP contribution is 2.17. The van der Waals surface area contributed by atoms with E-state index >= 15 is 0 Å². The van der Waals surface area contributed by atoms with E-state index in [9.17, 15) is 4.79 Å². The monoisotopic (exact) mass is 289 g/mol. The highest BCUT2D eigenvalue weighted by atomic mass is 16.5. The van der Waals surface area contributed by atoms with E-state index in [0.717, 1.165) is 0 Å². The van der Waals surface area contributed by atoms with Gasteiger partial charge in [-0.05, 0) is 18.2 Å². The van der Waals surface area contributed by atoms with Crippen LogP contribution in [0.3, 0.4) is 0 Å². The third kappa shape index (κ3) is 3.96. The minimum Gasteiger partial charge on any atom is -0.485 e. The Morgan fingerprint density at radius 1 is 1.52 bits per heavy atom. The number of amides is 1. The number of aromatic nitrogens is 2. The molecule has 0 fully saturated rings. The Kier molecular flexibility index (Phi) is 4.39. The highest BCUT2D eigenvalue weighted by molar-refractivity contribution is 6.02. The Morgan fingerprint density at radius 2 is 2.33 bits per heavy atom. The smallest absolute Gasteiger partial charge is 0.276 e. The molecule has 4 N–H and O–H groups in total. The van der Waals surface area contributed by atoms with Gasteiger partial charge in [0, 0.05) is 25.0 Å². The molecule has 2 rings (SSSR count). The SMILES string of the molecule is Cn1ccc(C(=O)Nc2cccc(OC/C(N)=N/O)c2)n1. The van der Waals surface area contributed by atoms with Crippen LogP contribution in [0, 0.1) is 0 Å². The summed E-state index contributed by atoms with van der Waals surface area (Å²) in [5.74, 6) is 0.127. The third-order valence-electron chi connectivity index (χ3n) is 2.55. The number of aryl methyl sites for hydroxylation is 1.